The van der Waals surface area contributed by atoms with Crippen LogP contribution in [-0.2, 0) is 4.79 Å². The van der Waals surface area contributed by atoms with Gasteiger partial charge in [0.25, 0.3) is 0 Å². The molecule has 5 nitrogen and oxygen atoms in total. The number of halogens is 1. The monoisotopic (exact) mass is 428 g/mol. The molecule has 0 atom stereocenters. The molecule has 0 saturated carbocycles. The number of hydrogen-bond acceptors (Lipinski definition) is 4. The molecule has 0 radical (unpaired) electrons. The summed E-state index contributed by atoms with van der Waals surface area (Å²) in [5.74, 6) is 0.600. The Morgan fingerprint density at radius 3 is 2.46 bits per heavy atom. The fourth-order valence-electron chi connectivity index (χ4n) is 2.26. The molecule has 0 aliphatic rings. The molecule has 0 saturated heterocycles. The molecule has 0 bridgehead atoms. The molecule has 142 valence electrons. The van der Waals surface area contributed by atoms with Crippen LogP contribution in [0.2, 0.25) is 5.02 Å². The number of thioether (sulfide) groups is 1. The van der Waals surface area contributed by atoms with Gasteiger partial charge in [0, 0.05) is 22.5 Å². The molecule has 0 spiro atoms. The van der Waals surface area contributed by atoms with Crippen LogP contribution >= 0.6 is 35.6 Å². The Kier molecular flexibility index (Phi) is 7.25. The largest absolute Gasteiger partial charge is 0.332 e. The maximum atomic E-state index is 12.1. The number of carbonyl (C=O) groups excluding carboxylic acids is 1. The summed E-state index contributed by atoms with van der Waals surface area (Å²) >= 11 is 12.6. The van der Waals surface area contributed by atoms with E-state index in [1.54, 1.807) is 12.1 Å². The Morgan fingerprint density at radius 2 is 1.71 bits per heavy atom. The number of nitrogens with zero attached hydrogens (tertiary/aromatic N) is 1. The zero-order chi connectivity index (χ0) is 19.8. The standard InChI is InChI=1S/C20H17ClN4OS2/c21-14-9-10-18(22-12-14)25-19(26)13-28-17-8-4-7-16(11-17)24-20(27)23-15-5-2-1-3-6-15/h1-12H,13H2,(H,22,25,26)(H2,23,24,27). The highest BCUT2D eigenvalue weighted by Gasteiger charge is 2.06. The summed E-state index contributed by atoms with van der Waals surface area (Å²) in [7, 11) is 0. The van der Waals surface area contributed by atoms with E-state index in [0.29, 0.717) is 16.0 Å². The summed E-state index contributed by atoms with van der Waals surface area (Å²) < 4.78 is 0. The molecule has 8 heteroatoms. The van der Waals surface area contributed by atoms with Gasteiger partial charge < -0.3 is 16.0 Å². The number of aromatic nitrogens is 1. The van der Waals surface area contributed by atoms with E-state index in [-0.39, 0.29) is 11.7 Å². The van der Waals surface area contributed by atoms with Crippen molar-refractivity contribution in [2.45, 2.75) is 4.90 Å². The number of hydrogen-bond donors (Lipinski definition) is 3. The molecular weight excluding hydrogens is 412 g/mol. The quantitative estimate of drug-likeness (QED) is 0.367. The number of amides is 1. The van der Waals surface area contributed by atoms with Gasteiger partial charge in [-0.05, 0) is 54.7 Å². The van der Waals surface area contributed by atoms with E-state index < -0.39 is 0 Å². The van der Waals surface area contributed by atoms with E-state index in [1.807, 2.05) is 54.6 Å². The summed E-state index contributed by atoms with van der Waals surface area (Å²) in [6, 6.07) is 20.8. The Balaban J connectivity index is 1.50. The minimum atomic E-state index is -0.139. The molecule has 0 fully saturated rings. The molecule has 1 amide bonds. The molecule has 0 unspecified atom stereocenters. The van der Waals surface area contributed by atoms with Crippen molar-refractivity contribution in [3.63, 3.8) is 0 Å². The first-order chi connectivity index (χ1) is 13.6. The third kappa shape index (κ3) is 6.53. The summed E-state index contributed by atoms with van der Waals surface area (Å²) in [4.78, 5) is 17.1. The third-order valence-corrected chi connectivity index (χ3v) is 4.91. The molecule has 3 rings (SSSR count). The lowest BCUT2D eigenvalue weighted by Gasteiger charge is -2.11. The second kappa shape index (κ2) is 10.1. The van der Waals surface area contributed by atoms with Crippen LogP contribution in [0.1, 0.15) is 0 Å². The van der Waals surface area contributed by atoms with Crippen LogP contribution in [0.3, 0.4) is 0 Å². The van der Waals surface area contributed by atoms with Gasteiger partial charge in [0.2, 0.25) is 5.91 Å². The average Bonchev–Trinajstić information content (AvgIpc) is 2.69. The summed E-state index contributed by atoms with van der Waals surface area (Å²) in [5.41, 5.74) is 1.76. The lowest BCUT2D eigenvalue weighted by atomic mass is 10.3. The topological polar surface area (TPSA) is 66.1 Å². The fourth-order valence-corrected chi connectivity index (χ4v) is 3.36. The minimum Gasteiger partial charge on any atom is -0.332 e. The zero-order valence-corrected chi connectivity index (χ0v) is 17.1. The zero-order valence-electron chi connectivity index (χ0n) is 14.7. The van der Waals surface area contributed by atoms with E-state index in [0.717, 1.165) is 16.3 Å². The minimum absolute atomic E-state index is 0.139. The number of pyridine rings is 1. The third-order valence-electron chi connectivity index (χ3n) is 3.49. The summed E-state index contributed by atoms with van der Waals surface area (Å²) in [6.45, 7) is 0. The number of thiocarbonyl (C=S) groups is 1. The second-order valence-corrected chi connectivity index (χ2v) is 7.56. The number of rotatable bonds is 6. The van der Waals surface area contributed by atoms with E-state index in [1.165, 1.54) is 18.0 Å². The first kappa shape index (κ1) is 20.1. The number of carbonyl (C=O) groups is 1. The second-order valence-electron chi connectivity index (χ2n) is 5.67. The Labute approximate surface area is 177 Å². The van der Waals surface area contributed by atoms with E-state index in [9.17, 15) is 4.79 Å². The van der Waals surface area contributed by atoms with Crippen LogP contribution in [0.15, 0.2) is 77.8 Å². The van der Waals surface area contributed by atoms with Crippen molar-refractivity contribution < 1.29 is 4.79 Å². The van der Waals surface area contributed by atoms with Crippen LogP contribution in [0.4, 0.5) is 17.2 Å². The smallest absolute Gasteiger partial charge is 0.235 e. The van der Waals surface area contributed by atoms with Crippen molar-refractivity contribution in [3.8, 4) is 0 Å². The van der Waals surface area contributed by atoms with Gasteiger partial charge >= 0.3 is 0 Å². The van der Waals surface area contributed by atoms with Crippen molar-refractivity contribution in [2.24, 2.45) is 0 Å². The van der Waals surface area contributed by atoms with Crippen molar-refractivity contribution in [2.75, 3.05) is 21.7 Å². The molecule has 2 aromatic carbocycles. The maximum Gasteiger partial charge on any atom is 0.235 e. The molecular formula is C20H17ClN4OS2. The van der Waals surface area contributed by atoms with E-state index in [2.05, 4.69) is 20.9 Å². The van der Waals surface area contributed by atoms with Gasteiger partial charge in [-0.15, -0.1) is 11.8 Å². The van der Waals surface area contributed by atoms with Crippen LogP contribution < -0.4 is 16.0 Å². The van der Waals surface area contributed by atoms with Gasteiger partial charge in [-0.3, -0.25) is 4.79 Å². The predicted molar refractivity (Wildman–Crippen MR) is 121 cm³/mol. The van der Waals surface area contributed by atoms with E-state index in [4.69, 9.17) is 23.8 Å². The van der Waals surface area contributed by atoms with Gasteiger partial charge in [0.15, 0.2) is 5.11 Å². The number of nitrogens with one attached hydrogen (secondary N) is 3. The first-order valence-electron chi connectivity index (χ1n) is 8.36. The Morgan fingerprint density at radius 1 is 0.964 bits per heavy atom. The number of anilines is 3. The Hall–Kier alpha value is -2.61. The highest BCUT2D eigenvalue weighted by atomic mass is 35.5. The van der Waals surface area contributed by atoms with E-state index >= 15 is 0 Å². The summed E-state index contributed by atoms with van der Waals surface area (Å²) in [6.07, 6.45) is 1.49. The lowest BCUT2D eigenvalue weighted by molar-refractivity contribution is -0.113. The van der Waals surface area contributed by atoms with Gasteiger partial charge in [0.05, 0.1) is 10.8 Å². The highest BCUT2D eigenvalue weighted by Crippen LogP contribution is 2.22. The van der Waals surface area contributed by atoms with Crippen molar-refractivity contribution in [3.05, 3.63) is 77.9 Å². The van der Waals surface area contributed by atoms with Crippen molar-refractivity contribution in [1.29, 1.82) is 0 Å². The molecule has 28 heavy (non-hydrogen) atoms. The lowest BCUT2D eigenvalue weighted by Crippen LogP contribution is -2.19. The van der Waals surface area contributed by atoms with Gasteiger partial charge in [0.1, 0.15) is 5.82 Å². The van der Waals surface area contributed by atoms with Gasteiger partial charge in [-0.25, -0.2) is 4.98 Å². The average molecular weight is 429 g/mol. The molecule has 3 aromatic rings. The van der Waals surface area contributed by atoms with Crippen molar-refractivity contribution >= 4 is 63.8 Å². The van der Waals surface area contributed by atoms with Crippen LogP contribution in [0.5, 0.6) is 0 Å². The van der Waals surface area contributed by atoms with Crippen LogP contribution in [0, 0.1) is 0 Å². The summed E-state index contributed by atoms with van der Waals surface area (Å²) in [5, 5.41) is 10.0. The number of benzene rings is 2. The molecule has 0 aliphatic heterocycles. The Bertz CT molecular complexity index is 952. The van der Waals surface area contributed by atoms with Crippen LogP contribution in [-0.4, -0.2) is 21.8 Å². The van der Waals surface area contributed by atoms with Gasteiger partial charge in [-0.2, -0.15) is 0 Å². The number of para-hydroxylation sites is 1. The van der Waals surface area contributed by atoms with Crippen LogP contribution in [0.25, 0.3) is 0 Å². The van der Waals surface area contributed by atoms with Crippen molar-refractivity contribution in [1.82, 2.24) is 4.98 Å². The molecule has 1 aromatic heterocycles. The maximum absolute atomic E-state index is 12.1. The van der Waals surface area contributed by atoms with Gasteiger partial charge in [-0.1, -0.05) is 35.9 Å². The SMILES string of the molecule is O=C(CSc1cccc(NC(=S)Nc2ccccc2)c1)Nc1ccc(Cl)cn1. The molecule has 1 heterocycles. The molecule has 3 N–H and O–H groups in total. The predicted octanol–water partition coefficient (Wildman–Crippen LogP) is 5.27. The fraction of sp³-hybridized carbons (Fsp3) is 0.0500. The normalized spacial score (nSPS) is 10.2. The highest BCUT2D eigenvalue weighted by molar-refractivity contribution is 8.00. The molecule has 0 aliphatic carbocycles. The first-order valence-corrected chi connectivity index (χ1v) is 10.1.